The average Bonchev–Trinajstić information content (AvgIpc) is 2.03. The molecule has 0 aliphatic rings. The van der Waals surface area contributed by atoms with Crippen LogP contribution in [0.5, 0.6) is 0 Å². The first-order valence-corrected chi connectivity index (χ1v) is 3.78. The highest BCUT2D eigenvalue weighted by molar-refractivity contribution is 5.73. The molecule has 2 N–H and O–H groups in total. The normalized spacial score (nSPS) is 10.1. The summed E-state index contributed by atoms with van der Waals surface area (Å²) in [5, 5.41) is 4.68. The zero-order valence-corrected chi connectivity index (χ0v) is 7.92. The van der Waals surface area contributed by atoms with E-state index in [-0.39, 0.29) is 27.4 Å². The van der Waals surface area contributed by atoms with Crippen LogP contribution >= 0.6 is 0 Å². The van der Waals surface area contributed by atoms with E-state index < -0.39 is 12.4 Å². The Morgan fingerprint density at radius 2 is 1.80 bits per heavy atom. The summed E-state index contributed by atoms with van der Waals surface area (Å²) in [6.07, 6.45) is -1.24. The van der Waals surface area contributed by atoms with Crippen molar-refractivity contribution >= 4 is 12.0 Å². The van der Waals surface area contributed by atoms with Gasteiger partial charge < -0.3 is 20.1 Å². The first kappa shape index (κ1) is 19.3. The number of carbonyl (C=O) groups excluding carboxylic acids is 2. The lowest BCUT2D eigenvalue weighted by Crippen LogP contribution is -2.37. The van der Waals surface area contributed by atoms with Gasteiger partial charge in [-0.1, -0.05) is 14.9 Å². The van der Waals surface area contributed by atoms with Crippen molar-refractivity contribution < 1.29 is 19.1 Å². The minimum Gasteiger partial charge on any atom is -0.420 e. The molecule has 6 nitrogen and oxygen atoms in total. The molecule has 15 heavy (non-hydrogen) atoms. The van der Waals surface area contributed by atoms with E-state index in [4.69, 9.17) is 0 Å². The second-order valence-electron chi connectivity index (χ2n) is 2.30. The molecule has 0 aliphatic heterocycles. The number of alkyl carbamates (subject to hydrolysis) is 1. The first-order chi connectivity index (χ1) is 6.06. The van der Waals surface area contributed by atoms with Gasteiger partial charge in [0.2, 0.25) is 12.2 Å². The highest BCUT2D eigenvalue weighted by Gasteiger charge is 2.06. The Morgan fingerprint density at radius 1 is 1.27 bits per heavy atom. The van der Waals surface area contributed by atoms with Gasteiger partial charge in [0.05, 0.1) is 6.67 Å². The van der Waals surface area contributed by atoms with Crippen molar-refractivity contribution in [3.05, 3.63) is 0 Å². The van der Waals surface area contributed by atoms with E-state index in [1.165, 1.54) is 14.0 Å². The minimum atomic E-state index is -0.636. The van der Waals surface area contributed by atoms with Crippen LogP contribution in [-0.4, -0.2) is 32.1 Å². The van der Waals surface area contributed by atoms with Gasteiger partial charge in [-0.2, -0.15) is 0 Å². The highest BCUT2D eigenvalue weighted by Crippen LogP contribution is 1.89. The van der Waals surface area contributed by atoms with Crippen molar-refractivity contribution in [2.45, 2.75) is 35.0 Å². The molecule has 0 aromatic carbocycles. The zero-order valence-electron chi connectivity index (χ0n) is 7.92. The summed E-state index contributed by atoms with van der Waals surface area (Å²) in [4.78, 5) is 21.2. The van der Waals surface area contributed by atoms with Gasteiger partial charge in [-0.3, -0.25) is 4.79 Å². The Morgan fingerprint density at radius 3 is 2.20 bits per heavy atom. The van der Waals surface area contributed by atoms with Crippen molar-refractivity contribution in [3.63, 3.8) is 0 Å². The summed E-state index contributed by atoms with van der Waals surface area (Å²) in [5.41, 5.74) is 0. The summed E-state index contributed by atoms with van der Waals surface area (Å²) in [6.45, 7) is 2.98. The lowest BCUT2D eigenvalue weighted by atomic mass is 10.7. The van der Waals surface area contributed by atoms with Crippen molar-refractivity contribution in [2.75, 3.05) is 13.8 Å². The molecular weight excluding hydrogens is 200 g/mol. The number of rotatable bonds is 4. The van der Waals surface area contributed by atoms with Gasteiger partial charge in [-0.05, 0) is 6.92 Å². The van der Waals surface area contributed by atoms with Gasteiger partial charge in [0.1, 0.15) is 0 Å². The predicted octanol–water partition coefficient (Wildman–Crippen LogP) is 1.07. The second kappa shape index (κ2) is 10.8. The van der Waals surface area contributed by atoms with Crippen LogP contribution in [0.4, 0.5) is 4.79 Å². The van der Waals surface area contributed by atoms with Crippen molar-refractivity contribution in [1.29, 1.82) is 0 Å². The van der Waals surface area contributed by atoms with E-state index >= 15 is 0 Å². The van der Waals surface area contributed by atoms with Gasteiger partial charge in [0.25, 0.3) is 0 Å². The van der Waals surface area contributed by atoms with Crippen LogP contribution in [0.1, 0.15) is 28.7 Å². The summed E-state index contributed by atoms with van der Waals surface area (Å²) in [5.74, 6) is -0.222. The molecular formula is C9H22N2O4. The number of hydrogen-bond donors (Lipinski definition) is 2. The van der Waals surface area contributed by atoms with Crippen LogP contribution in [0.25, 0.3) is 0 Å². The highest BCUT2D eigenvalue weighted by atomic mass is 16.7. The summed E-state index contributed by atoms with van der Waals surface area (Å²) in [6, 6.07) is 0. The standard InChI is InChI=1S/C7H14N2O4.2CH4/c1-5(10)8-4-9-7(11)13-6(2)12-3;;/h6H,4H2,1-3H3,(H,8,10)(H,9,11);2*1H4. The molecule has 0 fully saturated rings. The molecule has 0 aliphatic carbocycles. The topological polar surface area (TPSA) is 76.7 Å². The monoisotopic (exact) mass is 222 g/mol. The smallest absolute Gasteiger partial charge is 0.410 e. The van der Waals surface area contributed by atoms with E-state index in [2.05, 4.69) is 20.1 Å². The number of ether oxygens (including phenoxy) is 2. The van der Waals surface area contributed by atoms with Crippen LogP contribution in [0.3, 0.4) is 0 Å². The molecule has 2 amide bonds. The molecule has 0 spiro atoms. The Labute approximate surface area is 91.3 Å². The molecule has 6 heteroatoms. The van der Waals surface area contributed by atoms with E-state index in [1.807, 2.05) is 0 Å². The molecule has 0 saturated carbocycles. The Kier molecular flexibility index (Phi) is 13.9. The number of hydrogen-bond acceptors (Lipinski definition) is 4. The van der Waals surface area contributed by atoms with Crippen LogP contribution in [-0.2, 0) is 14.3 Å². The van der Waals surface area contributed by atoms with E-state index in [9.17, 15) is 9.59 Å². The van der Waals surface area contributed by atoms with Gasteiger partial charge in [0.15, 0.2) is 0 Å². The van der Waals surface area contributed by atoms with Crippen LogP contribution in [0.2, 0.25) is 0 Å². The van der Waals surface area contributed by atoms with Crippen LogP contribution in [0, 0.1) is 0 Å². The minimum absolute atomic E-state index is 0. The van der Waals surface area contributed by atoms with Crippen molar-refractivity contribution in [3.8, 4) is 0 Å². The lowest BCUT2D eigenvalue weighted by molar-refractivity contribution is -0.119. The van der Waals surface area contributed by atoms with E-state index in [0.29, 0.717) is 0 Å². The quantitative estimate of drug-likeness (QED) is 0.697. The third-order valence-corrected chi connectivity index (χ3v) is 1.17. The van der Waals surface area contributed by atoms with Gasteiger partial charge in [-0.15, -0.1) is 0 Å². The fourth-order valence-electron chi connectivity index (χ4n) is 0.481. The SMILES string of the molecule is C.C.COC(C)OC(=O)NCNC(C)=O. The maximum absolute atomic E-state index is 10.8. The fourth-order valence-corrected chi connectivity index (χ4v) is 0.481. The Bertz CT molecular complexity index is 185. The molecule has 0 radical (unpaired) electrons. The number of methoxy groups -OCH3 is 1. The van der Waals surface area contributed by atoms with Crippen molar-refractivity contribution in [1.82, 2.24) is 10.6 Å². The Balaban J connectivity index is -0.000000720. The number of nitrogens with one attached hydrogen (secondary N) is 2. The van der Waals surface area contributed by atoms with E-state index in [0.717, 1.165) is 0 Å². The molecule has 0 bridgehead atoms. The molecule has 1 unspecified atom stereocenters. The maximum Gasteiger partial charge on any atom is 0.410 e. The Hall–Kier alpha value is -1.30. The maximum atomic E-state index is 10.8. The molecule has 1 atom stereocenters. The van der Waals surface area contributed by atoms with Crippen molar-refractivity contribution in [2.24, 2.45) is 0 Å². The third-order valence-electron chi connectivity index (χ3n) is 1.17. The van der Waals surface area contributed by atoms with Crippen LogP contribution in [0.15, 0.2) is 0 Å². The van der Waals surface area contributed by atoms with Gasteiger partial charge in [0, 0.05) is 14.0 Å². The third kappa shape index (κ3) is 12.7. The summed E-state index contributed by atoms with van der Waals surface area (Å²) in [7, 11) is 1.42. The molecule has 0 aromatic heterocycles. The molecule has 0 saturated heterocycles. The lowest BCUT2D eigenvalue weighted by Gasteiger charge is -2.11. The zero-order chi connectivity index (χ0) is 10.3. The van der Waals surface area contributed by atoms with Gasteiger partial charge in [-0.25, -0.2) is 4.79 Å². The average molecular weight is 222 g/mol. The van der Waals surface area contributed by atoms with E-state index in [1.54, 1.807) is 6.92 Å². The summed E-state index contributed by atoms with van der Waals surface area (Å²) >= 11 is 0. The molecule has 0 aromatic rings. The number of carbonyl (C=O) groups is 2. The molecule has 92 valence electrons. The van der Waals surface area contributed by atoms with Crippen LogP contribution < -0.4 is 10.6 Å². The summed E-state index contributed by atoms with van der Waals surface area (Å²) < 4.78 is 9.34. The largest absolute Gasteiger partial charge is 0.420 e. The molecule has 0 rings (SSSR count). The fraction of sp³-hybridized carbons (Fsp3) is 0.778. The predicted molar refractivity (Wildman–Crippen MR) is 58.2 cm³/mol. The second-order valence-corrected chi connectivity index (χ2v) is 2.30. The number of amides is 2. The molecule has 0 heterocycles. The first-order valence-electron chi connectivity index (χ1n) is 3.78. The van der Waals surface area contributed by atoms with Gasteiger partial charge >= 0.3 is 6.09 Å².